The fraction of sp³-hybridized carbons (Fsp3) is 0.286. The molecule has 112 valence electrons. The third-order valence-electron chi connectivity index (χ3n) is 3.15. The van der Waals surface area contributed by atoms with Gasteiger partial charge in [-0.05, 0) is 31.5 Å². The number of sulfone groups is 1. The Balaban J connectivity index is 2.26. The van der Waals surface area contributed by atoms with Crippen LogP contribution < -0.4 is 0 Å². The fourth-order valence-electron chi connectivity index (χ4n) is 1.97. The van der Waals surface area contributed by atoms with Crippen molar-refractivity contribution in [1.29, 1.82) is 0 Å². The molecule has 0 radical (unpaired) electrons. The molecule has 0 fully saturated rings. The Morgan fingerprint density at radius 1 is 1.24 bits per heavy atom. The lowest BCUT2D eigenvalue weighted by molar-refractivity contribution is -0.136. The summed E-state index contributed by atoms with van der Waals surface area (Å²) in [6.07, 6.45) is -0.135. The van der Waals surface area contributed by atoms with Crippen LogP contribution in [-0.4, -0.2) is 24.7 Å². The molecule has 2 aromatic rings. The number of rotatable bonds is 5. The van der Waals surface area contributed by atoms with Gasteiger partial charge >= 0.3 is 5.97 Å². The van der Waals surface area contributed by atoms with Crippen molar-refractivity contribution in [3.63, 3.8) is 0 Å². The minimum Gasteiger partial charge on any atom is -0.481 e. The monoisotopic (exact) mass is 309 g/mol. The number of aromatic nitrogens is 1. The second-order valence-corrected chi connectivity index (χ2v) is 6.77. The highest BCUT2D eigenvalue weighted by Gasteiger charge is 2.20. The Morgan fingerprint density at radius 3 is 2.33 bits per heavy atom. The van der Waals surface area contributed by atoms with Gasteiger partial charge in [0.2, 0.25) is 0 Å². The van der Waals surface area contributed by atoms with E-state index in [-0.39, 0.29) is 17.1 Å². The molecule has 7 heteroatoms. The minimum atomic E-state index is -3.52. The van der Waals surface area contributed by atoms with E-state index in [1.54, 1.807) is 13.8 Å². The summed E-state index contributed by atoms with van der Waals surface area (Å²) in [4.78, 5) is 10.8. The predicted octanol–water partition coefficient (Wildman–Crippen LogP) is 1.89. The van der Waals surface area contributed by atoms with E-state index in [0.717, 1.165) is 0 Å². The van der Waals surface area contributed by atoms with Crippen molar-refractivity contribution in [2.75, 3.05) is 0 Å². The first-order valence-corrected chi connectivity index (χ1v) is 7.90. The molecule has 0 aliphatic heterocycles. The van der Waals surface area contributed by atoms with Crippen LogP contribution in [0.1, 0.15) is 22.6 Å². The zero-order valence-corrected chi connectivity index (χ0v) is 12.5. The van der Waals surface area contributed by atoms with Crippen molar-refractivity contribution in [3.05, 3.63) is 46.8 Å². The van der Waals surface area contributed by atoms with Crippen LogP contribution in [0.4, 0.5) is 0 Å². The molecule has 2 rings (SSSR count). The Kier molecular flexibility index (Phi) is 4.13. The van der Waals surface area contributed by atoms with E-state index >= 15 is 0 Å². The lowest BCUT2D eigenvalue weighted by Gasteiger charge is -2.05. The van der Waals surface area contributed by atoms with Crippen LogP contribution in [0, 0.1) is 13.8 Å². The third kappa shape index (κ3) is 3.49. The van der Waals surface area contributed by atoms with Crippen molar-refractivity contribution in [2.24, 2.45) is 0 Å². The zero-order valence-electron chi connectivity index (χ0n) is 11.7. The number of carboxylic acids is 1. The van der Waals surface area contributed by atoms with Gasteiger partial charge in [0.15, 0.2) is 9.84 Å². The molecule has 0 atom stereocenters. The van der Waals surface area contributed by atoms with Crippen molar-refractivity contribution >= 4 is 15.8 Å². The van der Waals surface area contributed by atoms with E-state index in [1.165, 1.54) is 24.3 Å². The van der Waals surface area contributed by atoms with Crippen LogP contribution in [0.25, 0.3) is 0 Å². The van der Waals surface area contributed by atoms with Crippen LogP contribution in [0.15, 0.2) is 33.7 Å². The Hall–Kier alpha value is -2.15. The van der Waals surface area contributed by atoms with Gasteiger partial charge in [-0.1, -0.05) is 17.3 Å². The number of benzene rings is 1. The largest absolute Gasteiger partial charge is 0.481 e. The summed E-state index contributed by atoms with van der Waals surface area (Å²) < 4.78 is 29.7. The van der Waals surface area contributed by atoms with Gasteiger partial charge in [0, 0.05) is 5.56 Å². The zero-order chi connectivity index (χ0) is 15.6. The molecule has 0 aliphatic carbocycles. The predicted molar refractivity (Wildman–Crippen MR) is 74.6 cm³/mol. The van der Waals surface area contributed by atoms with Gasteiger partial charge < -0.3 is 9.63 Å². The highest BCUT2D eigenvalue weighted by atomic mass is 32.2. The first-order chi connectivity index (χ1) is 9.79. The Labute approximate surface area is 122 Å². The molecule has 0 bridgehead atoms. The SMILES string of the molecule is Cc1noc(C)c1CS(=O)(=O)c1ccc(CC(=O)O)cc1. The average Bonchev–Trinajstić information content (AvgIpc) is 2.70. The normalized spacial score (nSPS) is 11.5. The maximum Gasteiger partial charge on any atom is 0.307 e. The maximum absolute atomic E-state index is 12.4. The molecule has 0 unspecified atom stereocenters. The summed E-state index contributed by atoms with van der Waals surface area (Å²) in [5.74, 6) is -0.660. The van der Waals surface area contributed by atoms with E-state index in [1.807, 2.05) is 0 Å². The van der Waals surface area contributed by atoms with E-state index in [0.29, 0.717) is 22.6 Å². The average molecular weight is 309 g/mol. The van der Waals surface area contributed by atoms with Gasteiger partial charge in [-0.2, -0.15) is 0 Å². The Bertz CT molecular complexity index is 740. The standard InChI is InChI=1S/C14H15NO5S/c1-9-13(10(2)20-15-9)8-21(18,19)12-5-3-11(4-6-12)7-14(16)17/h3-6H,7-8H2,1-2H3,(H,16,17). The van der Waals surface area contributed by atoms with Gasteiger partial charge in [0.25, 0.3) is 0 Å². The second kappa shape index (κ2) is 5.69. The van der Waals surface area contributed by atoms with Crippen LogP contribution in [-0.2, 0) is 26.8 Å². The van der Waals surface area contributed by atoms with Crippen molar-refractivity contribution in [3.8, 4) is 0 Å². The molecular formula is C14H15NO5S. The molecule has 0 saturated heterocycles. The first kappa shape index (κ1) is 15.2. The van der Waals surface area contributed by atoms with Gasteiger partial charge in [-0.3, -0.25) is 4.79 Å². The van der Waals surface area contributed by atoms with E-state index in [4.69, 9.17) is 9.63 Å². The molecule has 1 aromatic carbocycles. The smallest absolute Gasteiger partial charge is 0.307 e. The summed E-state index contributed by atoms with van der Waals surface area (Å²) in [5.41, 5.74) is 1.67. The Morgan fingerprint density at radius 2 is 1.86 bits per heavy atom. The molecular weight excluding hydrogens is 294 g/mol. The van der Waals surface area contributed by atoms with Gasteiger partial charge in [-0.15, -0.1) is 0 Å². The summed E-state index contributed by atoms with van der Waals surface area (Å²) in [6, 6.07) is 5.86. The number of nitrogens with zero attached hydrogens (tertiary/aromatic N) is 1. The van der Waals surface area contributed by atoms with Gasteiger partial charge in [-0.25, -0.2) is 8.42 Å². The second-order valence-electron chi connectivity index (χ2n) is 4.78. The fourth-order valence-corrected chi connectivity index (χ4v) is 3.48. The van der Waals surface area contributed by atoms with Crippen molar-refractivity contribution in [1.82, 2.24) is 5.16 Å². The van der Waals surface area contributed by atoms with E-state index in [2.05, 4.69) is 5.16 Å². The van der Waals surface area contributed by atoms with Crippen LogP contribution in [0.2, 0.25) is 0 Å². The molecule has 0 spiro atoms. The summed E-state index contributed by atoms with van der Waals surface area (Å²) in [5, 5.41) is 12.4. The number of aryl methyl sites for hydroxylation is 2. The molecule has 21 heavy (non-hydrogen) atoms. The highest BCUT2D eigenvalue weighted by Crippen LogP contribution is 2.21. The van der Waals surface area contributed by atoms with Crippen LogP contribution in [0.3, 0.4) is 0 Å². The summed E-state index contributed by atoms with van der Waals surface area (Å²) in [7, 11) is -3.52. The number of hydrogen-bond acceptors (Lipinski definition) is 5. The van der Waals surface area contributed by atoms with Gasteiger partial charge in [0.05, 0.1) is 22.8 Å². The van der Waals surface area contributed by atoms with Crippen molar-refractivity contribution < 1.29 is 22.8 Å². The molecule has 1 N–H and O–H groups in total. The molecule has 1 heterocycles. The van der Waals surface area contributed by atoms with E-state index < -0.39 is 15.8 Å². The van der Waals surface area contributed by atoms with E-state index in [9.17, 15) is 13.2 Å². The molecule has 0 saturated carbocycles. The third-order valence-corrected chi connectivity index (χ3v) is 4.81. The van der Waals surface area contributed by atoms with Crippen LogP contribution in [0.5, 0.6) is 0 Å². The lowest BCUT2D eigenvalue weighted by atomic mass is 10.2. The molecule has 0 aliphatic rings. The number of aliphatic carboxylic acids is 1. The first-order valence-electron chi connectivity index (χ1n) is 6.25. The number of carbonyl (C=O) groups is 1. The summed E-state index contributed by atoms with van der Waals surface area (Å²) in [6.45, 7) is 3.36. The topological polar surface area (TPSA) is 97.5 Å². The number of carboxylic acid groups (broad SMARTS) is 1. The summed E-state index contributed by atoms with van der Waals surface area (Å²) >= 11 is 0. The molecule has 6 nitrogen and oxygen atoms in total. The molecule has 0 amide bonds. The maximum atomic E-state index is 12.4. The minimum absolute atomic E-state index is 0.135. The number of hydrogen-bond donors (Lipinski definition) is 1. The van der Waals surface area contributed by atoms with Crippen molar-refractivity contribution in [2.45, 2.75) is 30.9 Å². The lowest BCUT2D eigenvalue weighted by Crippen LogP contribution is -2.07. The van der Waals surface area contributed by atoms with Gasteiger partial charge in [0.1, 0.15) is 5.76 Å². The molecule has 1 aromatic heterocycles. The van der Waals surface area contributed by atoms with Crippen LogP contribution >= 0.6 is 0 Å². The highest BCUT2D eigenvalue weighted by molar-refractivity contribution is 7.90. The quantitative estimate of drug-likeness (QED) is 0.905.